The Bertz CT molecular complexity index is 1370. The molecule has 0 aliphatic carbocycles. The van der Waals surface area contributed by atoms with E-state index in [9.17, 15) is 9.59 Å². The molecule has 0 bridgehead atoms. The van der Waals surface area contributed by atoms with Gasteiger partial charge in [0.1, 0.15) is 0 Å². The Balaban J connectivity index is 1.46. The highest BCUT2D eigenvalue weighted by molar-refractivity contribution is 7.99. The standard InChI is InChI=1S/C22H18ClN5O2S/c1-13-9-14-5-2-3-8-17(14)27(13)20(30)12-31-22-25-21(15-6-4-7-16(23)10-15)24-18-11-19(29)26-28(18)22/h2-8,10-11,13H,9,12H2,1H3,(H,26,29)/t13-/m1/s1. The van der Waals surface area contributed by atoms with Crippen molar-refractivity contribution in [3.63, 3.8) is 0 Å². The molecule has 0 saturated heterocycles. The van der Waals surface area contributed by atoms with Crippen molar-refractivity contribution >= 4 is 40.6 Å². The molecule has 9 heteroatoms. The first-order chi connectivity index (χ1) is 15.0. The predicted octanol–water partition coefficient (Wildman–Crippen LogP) is 3.81. The third kappa shape index (κ3) is 3.73. The molecule has 2 aromatic carbocycles. The molecule has 0 radical (unpaired) electrons. The maximum Gasteiger partial charge on any atom is 0.266 e. The van der Waals surface area contributed by atoms with Crippen LogP contribution in [0.2, 0.25) is 5.02 Å². The number of nitrogens with zero attached hydrogens (tertiary/aromatic N) is 4. The van der Waals surface area contributed by atoms with Crippen LogP contribution in [0.1, 0.15) is 12.5 Å². The molecule has 1 atom stereocenters. The molecule has 5 rings (SSSR count). The van der Waals surface area contributed by atoms with E-state index < -0.39 is 0 Å². The summed E-state index contributed by atoms with van der Waals surface area (Å²) in [5.74, 6) is 0.615. The van der Waals surface area contributed by atoms with Crippen LogP contribution in [-0.2, 0) is 11.2 Å². The number of halogens is 1. The van der Waals surface area contributed by atoms with Gasteiger partial charge in [-0.2, -0.15) is 0 Å². The Morgan fingerprint density at radius 3 is 2.87 bits per heavy atom. The molecule has 7 nitrogen and oxygen atoms in total. The van der Waals surface area contributed by atoms with Gasteiger partial charge < -0.3 is 4.90 Å². The average molecular weight is 452 g/mol. The zero-order chi connectivity index (χ0) is 21.5. The summed E-state index contributed by atoms with van der Waals surface area (Å²) in [7, 11) is 0. The first-order valence-corrected chi connectivity index (χ1v) is 11.1. The summed E-state index contributed by atoms with van der Waals surface area (Å²) in [6, 6.07) is 16.7. The third-order valence-electron chi connectivity index (χ3n) is 5.21. The van der Waals surface area contributed by atoms with E-state index in [1.165, 1.54) is 27.9 Å². The Labute approximate surface area is 187 Å². The van der Waals surface area contributed by atoms with Gasteiger partial charge in [-0.05, 0) is 37.1 Å². The zero-order valence-electron chi connectivity index (χ0n) is 16.6. The summed E-state index contributed by atoms with van der Waals surface area (Å²) in [6.45, 7) is 2.05. The third-order valence-corrected chi connectivity index (χ3v) is 6.37. The highest BCUT2D eigenvalue weighted by Gasteiger charge is 2.30. The van der Waals surface area contributed by atoms with Crippen LogP contribution < -0.4 is 10.5 Å². The highest BCUT2D eigenvalue weighted by Crippen LogP contribution is 2.33. The fraction of sp³-hybridized carbons (Fsp3) is 0.182. The number of fused-ring (bicyclic) bond motifs is 2. The van der Waals surface area contributed by atoms with Crippen molar-refractivity contribution in [3.8, 4) is 11.4 Å². The molecule has 3 heterocycles. The number of nitrogens with one attached hydrogen (secondary N) is 1. The molecular weight excluding hydrogens is 434 g/mol. The van der Waals surface area contributed by atoms with Gasteiger partial charge in [-0.15, -0.1) is 0 Å². The van der Waals surface area contributed by atoms with Gasteiger partial charge in [0, 0.05) is 28.4 Å². The topological polar surface area (TPSA) is 83.4 Å². The maximum absolute atomic E-state index is 13.1. The second-order valence-electron chi connectivity index (χ2n) is 7.39. The molecule has 0 spiro atoms. The van der Waals surface area contributed by atoms with E-state index in [2.05, 4.69) is 21.1 Å². The number of aromatic amines is 1. The molecule has 31 heavy (non-hydrogen) atoms. The van der Waals surface area contributed by atoms with Crippen LogP contribution in [0, 0.1) is 0 Å². The number of amides is 1. The van der Waals surface area contributed by atoms with Gasteiger partial charge in [0.15, 0.2) is 16.6 Å². The number of rotatable bonds is 4. The number of benzene rings is 2. The number of carbonyl (C=O) groups excluding carboxylic acids is 1. The predicted molar refractivity (Wildman–Crippen MR) is 122 cm³/mol. The quantitative estimate of drug-likeness (QED) is 0.477. The maximum atomic E-state index is 13.1. The van der Waals surface area contributed by atoms with E-state index in [1.807, 2.05) is 42.2 Å². The second kappa shape index (κ2) is 7.86. The van der Waals surface area contributed by atoms with Crippen LogP contribution in [-0.4, -0.2) is 37.3 Å². The number of thioether (sulfide) groups is 1. The number of H-pyrrole nitrogens is 1. The van der Waals surface area contributed by atoms with Crippen LogP contribution in [0.25, 0.3) is 17.0 Å². The SMILES string of the molecule is C[C@@H]1Cc2ccccc2N1C(=O)CSc1nc(-c2cccc(Cl)c2)nc2cc(=O)[nH]n12. The average Bonchev–Trinajstić information content (AvgIpc) is 3.29. The van der Waals surface area contributed by atoms with Gasteiger partial charge in [0.05, 0.1) is 5.75 Å². The molecule has 0 saturated carbocycles. The van der Waals surface area contributed by atoms with Crippen LogP contribution in [0.5, 0.6) is 0 Å². The highest BCUT2D eigenvalue weighted by atomic mass is 35.5. The minimum absolute atomic E-state index is 0.00646. The van der Waals surface area contributed by atoms with Crippen molar-refractivity contribution in [1.29, 1.82) is 0 Å². The summed E-state index contributed by atoms with van der Waals surface area (Å²) >= 11 is 7.38. The summed E-state index contributed by atoms with van der Waals surface area (Å²) in [5, 5.41) is 3.75. The molecule has 156 valence electrons. The van der Waals surface area contributed by atoms with Crippen molar-refractivity contribution in [3.05, 3.63) is 75.5 Å². The molecule has 2 aromatic heterocycles. The van der Waals surface area contributed by atoms with Crippen molar-refractivity contribution < 1.29 is 4.79 Å². The minimum Gasteiger partial charge on any atom is -0.308 e. The van der Waals surface area contributed by atoms with Gasteiger partial charge in [-0.25, -0.2) is 14.5 Å². The molecule has 4 aromatic rings. The molecule has 1 aliphatic heterocycles. The summed E-state index contributed by atoms with van der Waals surface area (Å²) in [5.41, 5.74) is 3.02. The monoisotopic (exact) mass is 451 g/mol. The van der Waals surface area contributed by atoms with Crippen molar-refractivity contribution in [2.45, 2.75) is 24.5 Å². The fourth-order valence-corrected chi connectivity index (χ4v) is 4.88. The largest absolute Gasteiger partial charge is 0.308 e. The Hall–Kier alpha value is -3.10. The zero-order valence-corrected chi connectivity index (χ0v) is 18.2. The van der Waals surface area contributed by atoms with E-state index >= 15 is 0 Å². The molecule has 1 aliphatic rings. The van der Waals surface area contributed by atoms with Crippen LogP contribution in [0.4, 0.5) is 5.69 Å². The lowest BCUT2D eigenvalue weighted by molar-refractivity contribution is -0.116. The van der Waals surface area contributed by atoms with E-state index in [4.69, 9.17) is 11.6 Å². The number of carbonyl (C=O) groups is 1. The van der Waals surface area contributed by atoms with Crippen molar-refractivity contribution in [1.82, 2.24) is 19.6 Å². The Morgan fingerprint density at radius 1 is 1.19 bits per heavy atom. The van der Waals surface area contributed by atoms with Crippen molar-refractivity contribution in [2.24, 2.45) is 0 Å². The summed E-state index contributed by atoms with van der Waals surface area (Å²) < 4.78 is 1.51. The molecule has 0 unspecified atom stereocenters. The molecule has 1 N–H and O–H groups in total. The van der Waals surface area contributed by atoms with E-state index in [0.29, 0.717) is 21.7 Å². The van der Waals surface area contributed by atoms with Gasteiger partial charge in [0.25, 0.3) is 5.56 Å². The molecule has 1 amide bonds. The number of anilines is 1. The number of hydrogen-bond acceptors (Lipinski definition) is 5. The van der Waals surface area contributed by atoms with E-state index in [-0.39, 0.29) is 23.3 Å². The molecule has 0 fully saturated rings. The lowest BCUT2D eigenvalue weighted by atomic mass is 10.1. The van der Waals surface area contributed by atoms with Gasteiger partial charge in [0.2, 0.25) is 5.91 Å². The minimum atomic E-state index is -0.284. The van der Waals surface area contributed by atoms with Crippen molar-refractivity contribution in [2.75, 3.05) is 10.7 Å². The van der Waals surface area contributed by atoms with Gasteiger partial charge in [-0.3, -0.25) is 14.7 Å². The first kappa shape index (κ1) is 19.8. The van der Waals surface area contributed by atoms with Gasteiger partial charge in [-0.1, -0.05) is 53.7 Å². The van der Waals surface area contributed by atoms with E-state index in [0.717, 1.165) is 17.7 Å². The lowest BCUT2D eigenvalue weighted by Crippen LogP contribution is -2.37. The summed E-state index contributed by atoms with van der Waals surface area (Å²) in [6.07, 6.45) is 0.841. The lowest BCUT2D eigenvalue weighted by Gasteiger charge is -2.22. The van der Waals surface area contributed by atoms with Gasteiger partial charge >= 0.3 is 0 Å². The Kier molecular flexibility index (Phi) is 5.03. The smallest absolute Gasteiger partial charge is 0.266 e. The number of aromatic nitrogens is 4. The normalized spacial score (nSPS) is 15.4. The summed E-state index contributed by atoms with van der Waals surface area (Å²) in [4.78, 5) is 35.9. The van der Waals surface area contributed by atoms with Crippen LogP contribution in [0.15, 0.2) is 64.5 Å². The molecular formula is C22H18ClN5O2S. The Morgan fingerprint density at radius 2 is 2.03 bits per heavy atom. The first-order valence-electron chi connectivity index (χ1n) is 9.78. The second-order valence-corrected chi connectivity index (χ2v) is 8.77. The van der Waals surface area contributed by atoms with E-state index in [1.54, 1.807) is 12.1 Å². The number of hydrogen-bond donors (Lipinski definition) is 1. The fourth-order valence-electron chi connectivity index (χ4n) is 3.88. The number of para-hydroxylation sites is 1. The van der Waals surface area contributed by atoms with Crippen LogP contribution in [0.3, 0.4) is 0 Å². The van der Waals surface area contributed by atoms with Crippen LogP contribution >= 0.6 is 23.4 Å².